The molecule has 72 valence electrons. The molecule has 0 heterocycles. The fourth-order valence-electron chi connectivity index (χ4n) is 0.264. The first-order valence-corrected chi connectivity index (χ1v) is 2.77. The second kappa shape index (κ2) is 6.50. The van der Waals surface area contributed by atoms with Crippen LogP contribution in [0.25, 0.3) is 5.53 Å². The Labute approximate surface area is 72.2 Å². The van der Waals surface area contributed by atoms with E-state index < -0.39 is 23.6 Å². The van der Waals surface area contributed by atoms with Crippen LogP contribution < -0.4 is 5.73 Å². The summed E-state index contributed by atoms with van der Waals surface area (Å²) in [5.41, 5.74) is 11.0. The fraction of sp³-hybridized carbons (Fsp3) is 0.200. The summed E-state index contributed by atoms with van der Waals surface area (Å²) in [6, 6.07) is 0. The Balaban J connectivity index is 0. The van der Waals surface area contributed by atoms with Crippen molar-refractivity contribution in [2.45, 2.75) is 6.92 Å². The van der Waals surface area contributed by atoms with Gasteiger partial charge in [-0.2, -0.15) is 4.79 Å². The maximum Gasteiger partial charge on any atom is 0.440 e. The molecule has 0 aromatic heterocycles. The number of nitrogens with zero attached hydrogens (tertiary/aromatic N) is 2. The van der Waals surface area contributed by atoms with Crippen molar-refractivity contribution in [3.63, 3.8) is 0 Å². The van der Waals surface area contributed by atoms with Gasteiger partial charge in [0.05, 0.1) is 0 Å². The first kappa shape index (κ1) is 13.4. The summed E-state index contributed by atoms with van der Waals surface area (Å²) in [4.78, 5) is 31.0. The molecule has 13 heavy (non-hydrogen) atoms. The summed E-state index contributed by atoms with van der Waals surface area (Å²) in [6.07, 6.45) is -1.33. The zero-order chi connectivity index (χ0) is 11.0. The van der Waals surface area contributed by atoms with Crippen LogP contribution >= 0.6 is 0 Å². The lowest BCUT2D eigenvalue weighted by Crippen LogP contribution is -2.21. The number of amides is 1. The summed E-state index contributed by atoms with van der Waals surface area (Å²) in [7, 11) is 0. The van der Waals surface area contributed by atoms with Crippen LogP contribution in [0.5, 0.6) is 0 Å². The van der Waals surface area contributed by atoms with Gasteiger partial charge in [-0.25, -0.2) is 9.59 Å². The third kappa shape index (κ3) is 9.79. The number of carbonyl (C=O) groups excluding carboxylic acids is 1. The second-order valence-electron chi connectivity index (χ2n) is 1.65. The maximum atomic E-state index is 10.1. The number of ketones is 1. The monoisotopic (exact) mass is 189 g/mol. The van der Waals surface area contributed by atoms with E-state index in [1.54, 1.807) is 0 Å². The Bertz CT molecular complexity index is 258. The Morgan fingerprint density at radius 3 is 1.62 bits per heavy atom. The van der Waals surface area contributed by atoms with Crippen molar-refractivity contribution < 1.29 is 29.4 Å². The van der Waals surface area contributed by atoms with Gasteiger partial charge in [-0.05, 0) is 0 Å². The van der Waals surface area contributed by atoms with Crippen LogP contribution in [0.1, 0.15) is 6.92 Å². The molecular formula is C5H7N3O5. The summed E-state index contributed by atoms with van der Waals surface area (Å²) in [5.74, 6) is -2.30. The fourth-order valence-corrected chi connectivity index (χ4v) is 0.264. The molecular weight excluding hydrogens is 182 g/mol. The molecule has 0 bridgehead atoms. The van der Waals surface area contributed by atoms with Crippen molar-refractivity contribution in [3.05, 3.63) is 5.53 Å². The molecule has 0 radical (unpaired) electrons. The molecule has 4 N–H and O–H groups in total. The van der Waals surface area contributed by atoms with Crippen LogP contribution in [0.2, 0.25) is 0 Å². The Hall–Kier alpha value is -2.21. The number of carboxylic acid groups (broad SMARTS) is 2. The Kier molecular flexibility index (Phi) is 6.69. The SMILES string of the molecule is CC(=O)C(=[N+]=[N-])C(=O)O.NC(=O)O. The van der Waals surface area contributed by atoms with E-state index in [1.807, 2.05) is 0 Å². The highest BCUT2D eigenvalue weighted by atomic mass is 16.4. The first-order chi connectivity index (χ1) is 5.82. The zero-order valence-electron chi connectivity index (χ0n) is 6.59. The quantitative estimate of drug-likeness (QED) is 0.219. The summed E-state index contributed by atoms with van der Waals surface area (Å²) in [5, 5.41) is 15.2. The van der Waals surface area contributed by atoms with E-state index in [2.05, 4.69) is 10.5 Å². The zero-order valence-corrected chi connectivity index (χ0v) is 6.59. The van der Waals surface area contributed by atoms with Crippen LogP contribution in [0.15, 0.2) is 0 Å². The van der Waals surface area contributed by atoms with Crippen molar-refractivity contribution >= 4 is 23.6 Å². The number of aliphatic carboxylic acids is 1. The summed E-state index contributed by atoms with van der Waals surface area (Å²) < 4.78 is 0. The van der Waals surface area contributed by atoms with Gasteiger partial charge in [0.2, 0.25) is 5.78 Å². The highest BCUT2D eigenvalue weighted by molar-refractivity contribution is 6.61. The molecule has 0 saturated heterocycles. The van der Waals surface area contributed by atoms with Crippen molar-refractivity contribution in [1.82, 2.24) is 0 Å². The third-order valence-corrected chi connectivity index (χ3v) is 0.636. The van der Waals surface area contributed by atoms with Crippen LogP contribution in [0.3, 0.4) is 0 Å². The molecule has 8 nitrogen and oxygen atoms in total. The highest BCUT2D eigenvalue weighted by Crippen LogP contribution is 1.73. The van der Waals surface area contributed by atoms with Gasteiger partial charge in [0.1, 0.15) is 0 Å². The molecule has 8 heteroatoms. The number of hydrogen-bond acceptors (Lipinski definition) is 3. The van der Waals surface area contributed by atoms with Gasteiger partial charge in [0.15, 0.2) is 0 Å². The number of nitrogens with two attached hydrogens (primary N) is 1. The van der Waals surface area contributed by atoms with Crippen LogP contribution in [0, 0.1) is 0 Å². The topological polar surface area (TPSA) is 154 Å². The van der Waals surface area contributed by atoms with Gasteiger partial charge < -0.3 is 21.5 Å². The average Bonchev–Trinajstić information content (AvgIpc) is 1.84. The molecule has 1 amide bonds. The lowest BCUT2D eigenvalue weighted by Gasteiger charge is -1.77. The standard InChI is InChI=1S/C4H4N2O3.CH3NO2/c1-2(7)3(6-5)4(8)9;2-1(3)4/h1H3,(H,8,9);2H2,(H,3,4). The largest absolute Gasteiger partial charge is 0.472 e. The molecule has 0 aromatic carbocycles. The molecule has 0 aliphatic rings. The molecule has 0 rings (SSSR count). The number of carboxylic acids is 1. The molecule has 0 spiro atoms. The van der Waals surface area contributed by atoms with E-state index >= 15 is 0 Å². The van der Waals surface area contributed by atoms with Crippen LogP contribution in [0.4, 0.5) is 4.79 Å². The number of carbonyl (C=O) groups is 3. The van der Waals surface area contributed by atoms with Gasteiger partial charge in [-0.1, -0.05) is 0 Å². The smallest absolute Gasteiger partial charge is 0.440 e. The van der Waals surface area contributed by atoms with E-state index in [0.29, 0.717) is 0 Å². The first-order valence-electron chi connectivity index (χ1n) is 2.77. The lowest BCUT2D eigenvalue weighted by atomic mass is 10.3. The molecule has 0 saturated carbocycles. The van der Waals surface area contributed by atoms with Gasteiger partial charge in [-0.15, -0.1) is 0 Å². The molecule has 0 fully saturated rings. The molecule has 0 aliphatic carbocycles. The summed E-state index contributed by atoms with van der Waals surface area (Å²) >= 11 is 0. The van der Waals surface area contributed by atoms with E-state index in [1.165, 1.54) is 0 Å². The molecule has 0 atom stereocenters. The summed E-state index contributed by atoms with van der Waals surface area (Å²) in [6.45, 7) is 1.00. The maximum absolute atomic E-state index is 10.1. The van der Waals surface area contributed by atoms with E-state index in [4.69, 9.17) is 20.5 Å². The van der Waals surface area contributed by atoms with Gasteiger partial charge in [0.25, 0.3) is 0 Å². The van der Waals surface area contributed by atoms with Crippen molar-refractivity contribution in [3.8, 4) is 0 Å². The molecule has 0 aromatic rings. The third-order valence-electron chi connectivity index (χ3n) is 0.636. The number of rotatable bonds is 2. The number of hydrogen-bond donors (Lipinski definition) is 3. The van der Waals surface area contributed by atoms with Crippen LogP contribution in [-0.4, -0.2) is 38.6 Å². The average molecular weight is 189 g/mol. The van der Waals surface area contributed by atoms with Crippen molar-refractivity contribution in [2.24, 2.45) is 5.73 Å². The normalized spacial score (nSPS) is 7.15. The van der Waals surface area contributed by atoms with Crippen molar-refractivity contribution in [1.29, 1.82) is 0 Å². The van der Waals surface area contributed by atoms with E-state index in [0.717, 1.165) is 6.92 Å². The molecule has 0 aliphatic heterocycles. The number of Topliss-reactive ketones (excluding diaryl/α,β-unsaturated/α-hetero) is 1. The Morgan fingerprint density at radius 2 is 1.62 bits per heavy atom. The minimum atomic E-state index is -1.52. The van der Waals surface area contributed by atoms with Gasteiger partial charge in [-0.3, -0.25) is 4.79 Å². The van der Waals surface area contributed by atoms with E-state index in [-0.39, 0.29) is 0 Å². The highest BCUT2D eigenvalue weighted by Gasteiger charge is 2.23. The molecule has 0 unspecified atom stereocenters. The minimum Gasteiger partial charge on any atom is -0.472 e. The second-order valence-corrected chi connectivity index (χ2v) is 1.65. The predicted octanol–water partition coefficient (Wildman–Crippen LogP) is -1.05. The van der Waals surface area contributed by atoms with Crippen LogP contribution in [-0.2, 0) is 9.59 Å². The lowest BCUT2D eigenvalue weighted by molar-refractivity contribution is -0.136. The van der Waals surface area contributed by atoms with E-state index in [9.17, 15) is 9.59 Å². The number of primary amides is 1. The Morgan fingerprint density at radius 1 is 1.31 bits per heavy atom. The van der Waals surface area contributed by atoms with Crippen molar-refractivity contribution in [2.75, 3.05) is 0 Å². The van der Waals surface area contributed by atoms with Gasteiger partial charge in [0, 0.05) is 6.92 Å². The minimum absolute atomic E-state index is 0.773. The predicted molar refractivity (Wildman–Crippen MR) is 39.2 cm³/mol. The van der Waals surface area contributed by atoms with Gasteiger partial charge >= 0.3 is 17.8 Å².